The molecule has 3 saturated heterocycles. The zero-order chi connectivity index (χ0) is 80.3. The van der Waals surface area contributed by atoms with Crippen LogP contribution in [0.25, 0.3) is 33.6 Å². The third kappa shape index (κ3) is 16.7. The van der Waals surface area contributed by atoms with E-state index in [1.807, 2.05) is 64.0 Å². The highest BCUT2D eigenvalue weighted by Crippen LogP contribution is 2.63. The molecule has 9 saturated carbocycles. The number of nitrogens with one attached hydrogen (secondary N) is 3. The van der Waals surface area contributed by atoms with Gasteiger partial charge in [-0.2, -0.15) is 15.2 Å². The second kappa shape index (κ2) is 34.0. The predicted octanol–water partition coefficient (Wildman–Crippen LogP) is 11.4. The minimum atomic E-state index is -0.815. The van der Waals surface area contributed by atoms with Gasteiger partial charge in [-0.15, -0.1) is 0 Å². The van der Waals surface area contributed by atoms with Crippen molar-refractivity contribution in [1.82, 2.24) is 50.2 Å². The Morgan fingerprint density at radius 3 is 1.03 bits per heavy atom. The number of amides is 3. The van der Waals surface area contributed by atoms with Crippen LogP contribution in [0.5, 0.6) is 0 Å². The Bertz CT molecular complexity index is 4180. The Morgan fingerprint density at radius 2 is 0.761 bits per heavy atom. The number of aliphatic hydroxyl groups is 6. The van der Waals surface area contributed by atoms with Gasteiger partial charge in [-0.3, -0.25) is 28.9 Å². The maximum absolute atomic E-state index is 13.9. The third-order valence-electron chi connectivity index (χ3n) is 29.0. The Labute approximate surface area is 679 Å². The molecular weight excluding hydrogens is 1540 g/mol. The molecule has 19 rings (SSSR count). The summed E-state index contributed by atoms with van der Waals surface area (Å²) in [6.07, 6.45) is 13.3. The number of carbonyl (C=O) groups is 3. The summed E-state index contributed by atoms with van der Waals surface area (Å²) >= 11 is 2.27. The number of aliphatic hydroxyl groups excluding tert-OH is 6. The van der Waals surface area contributed by atoms with Crippen LogP contribution in [0.2, 0.25) is 0 Å². The Balaban J connectivity index is 0.000000142. The van der Waals surface area contributed by atoms with Gasteiger partial charge >= 0.3 is 0 Å². The molecule has 12 fully saturated rings. The summed E-state index contributed by atoms with van der Waals surface area (Å²) in [6.45, 7) is 26.3. The van der Waals surface area contributed by atoms with Crippen LogP contribution >= 0.6 is 22.6 Å². The summed E-state index contributed by atoms with van der Waals surface area (Å²) in [7, 11) is 0. The van der Waals surface area contributed by atoms with Gasteiger partial charge in [-0.25, -0.2) is 9.97 Å². The number of nitrogens with zero attached hydrogens (tertiary/aromatic N) is 7. The molecular formula is C90H119IN10O12. The van der Waals surface area contributed by atoms with E-state index in [0.29, 0.717) is 89.1 Å². The molecule has 608 valence electrons. The normalized spacial score (nSPS) is 33.2. The van der Waals surface area contributed by atoms with Gasteiger partial charge in [0, 0.05) is 75.6 Å². The van der Waals surface area contributed by atoms with E-state index in [2.05, 4.69) is 190 Å². The first-order chi connectivity index (χ1) is 54.0. The van der Waals surface area contributed by atoms with Gasteiger partial charge in [0.2, 0.25) is 17.7 Å². The van der Waals surface area contributed by atoms with Crippen molar-refractivity contribution in [2.75, 3.05) is 19.8 Å². The first kappa shape index (κ1) is 82.7. The average Bonchev–Trinajstić information content (AvgIpc) is 1.21. The topological polar surface area (TPSA) is 282 Å². The van der Waals surface area contributed by atoms with Crippen molar-refractivity contribution in [2.24, 2.45) is 87.3 Å². The van der Waals surface area contributed by atoms with Crippen molar-refractivity contribution in [2.45, 2.75) is 214 Å². The minimum Gasteiger partial charge on any atom is -0.394 e. The van der Waals surface area contributed by atoms with Crippen molar-refractivity contribution < 1.29 is 59.5 Å². The molecule has 22 nitrogen and oxygen atoms in total. The number of benzene rings is 5. The molecule has 9 N–H and O–H groups in total. The summed E-state index contributed by atoms with van der Waals surface area (Å²) < 4.78 is 5.04. The number of hydroxylamine groups is 6. The molecule has 12 aliphatic rings. The fourth-order valence-corrected chi connectivity index (χ4v) is 22.4. The van der Waals surface area contributed by atoms with Crippen LogP contribution in [0.1, 0.15) is 138 Å². The lowest BCUT2D eigenvalue weighted by Crippen LogP contribution is -2.62. The molecule has 3 amide bonds. The number of aromatic nitrogens is 4. The summed E-state index contributed by atoms with van der Waals surface area (Å²) in [5, 5.41) is 77.0. The largest absolute Gasteiger partial charge is 0.394 e. The first-order valence-electron chi connectivity index (χ1n) is 41.2. The second-order valence-corrected chi connectivity index (χ2v) is 37.5. The van der Waals surface area contributed by atoms with Crippen molar-refractivity contribution in [1.29, 1.82) is 0 Å². The van der Waals surface area contributed by atoms with Crippen LogP contribution in [0.4, 0.5) is 0 Å². The van der Waals surface area contributed by atoms with E-state index in [0.717, 1.165) is 73.2 Å². The molecule has 7 aromatic rings. The van der Waals surface area contributed by atoms with E-state index in [1.165, 1.54) is 19.3 Å². The number of fused-ring (bicyclic) bond motifs is 6. The van der Waals surface area contributed by atoms with Gasteiger partial charge < -0.3 is 55.7 Å². The highest BCUT2D eigenvalue weighted by Gasteiger charge is 2.61. The maximum Gasteiger partial charge on any atom is 0.240 e. The molecule has 2 aromatic heterocycles. The first-order valence-corrected chi connectivity index (χ1v) is 42.2. The minimum absolute atomic E-state index is 0.108. The van der Waals surface area contributed by atoms with Gasteiger partial charge in [-0.05, 0) is 239 Å². The molecule has 9 aliphatic carbocycles. The fraction of sp³-hybridized carbons (Fsp3) is 0.567. The molecule has 6 bridgehead atoms. The van der Waals surface area contributed by atoms with Gasteiger partial charge in [0.1, 0.15) is 36.4 Å². The molecule has 3 aliphatic heterocycles. The summed E-state index contributed by atoms with van der Waals surface area (Å²) in [6, 6.07) is 39.3. The number of hydrogen-bond donors (Lipinski definition) is 9. The van der Waals surface area contributed by atoms with E-state index in [9.17, 15) is 45.0 Å². The molecule has 0 unspecified atom stereocenters. The Kier molecular flexibility index (Phi) is 24.9. The van der Waals surface area contributed by atoms with Gasteiger partial charge in [0.15, 0.2) is 0 Å². The van der Waals surface area contributed by atoms with E-state index >= 15 is 0 Å². The Morgan fingerprint density at radius 1 is 0.451 bits per heavy atom. The van der Waals surface area contributed by atoms with Crippen LogP contribution in [-0.2, 0) is 48.5 Å². The highest BCUT2D eigenvalue weighted by atomic mass is 127. The van der Waals surface area contributed by atoms with Crippen LogP contribution in [0.15, 0.2) is 159 Å². The smallest absolute Gasteiger partial charge is 0.240 e. The van der Waals surface area contributed by atoms with Gasteiger partial charge in [0.25, 0.3) is 0 Å². The second-order valence-electron chi connectivity index (χ2n) is 36.3. The van der Waals surface area contributed by atoms with Gasteiger partial charge in [0.05, 0.1) is 70.4 Å². The Hall–Kier alpha value is -6.82. The quantitative estimate of drug-likeness (QED) is 0.0285. The summed E-state index contributed by atoms with van der Waals surface area (Å²) in [5.41, 5.74) is 10.4. The molecule has 0 spiro atoms. The molecule has 5 aromatic carbocycles. The lowest BCUT2D eigenvalue weighted by molar-refractivity contribution is -0.183. The number of imidazole rings is 2. The molecule has 0 radical (unpaired) electrons. The molecule has 113 heavy (non-hydrogen) atoms. The van der Waals surface area contributed by atoms with E-state index in [-0.39, 0.29) is 55.7 Å². The lowest BCUT2D eigenvalue weighted by atomic mass is 9.45. The third-order valence-corrected chi connectivity index (χ3v) is 29.6. The van der Waals surface area contributed by atoms with Crippen LogP contribution in [0.3, 0.4) is 0 Å². The van der Waals surface area contributed by atoms with Crippen molar-refractivity contribution in [3.05, 3.63) is 179 Å². The maximum atomic E-state index is 13.9. The van der Waals surface area contributed by atoms with E-state index in [1.54, 1.807) is 61.0 Å². The SMILES string of the molecule is C[C@@H]1[C@@H](NC(=O)[C@@H]2[C@H]([C@H](C)O)[C@H](CO)ON2Cc2cccc(-c3ccc(-n4ccnc4)cc3)c2)C[C@H]2C[C@@H]1C2(C)C.C[C@@H]1[C@@H](NC(=O)[C@@H]2[C@H]([C@H](C)O)[C@H](CO)ON2Cc2cccc(-c3ccc(-n4ccnc4)cc3)c2)C[C@H]2C[C@@H]1C2(C)C.C[C@@H]1[C@@H](NC(=O)[C@@H]2[C@H]([C@H](C)O)[C@H](CO)ON2Cc2cccc(I)c2)C[C@H]2C[C@@H]1C2(C)C. The average molecular weight is 1660 g/mol. The standard InChI is InChI=1S/2C33H42N4O4.C24H35IN2O4/c2*1-20-27-15-25(33(27,3)4)16-28(20)35-32(40)31-30(21(2)39)29(18-38)41-37(31)17-22-6-5-7-24(14-22)23-8-10-26(11-9-23)36-13-12-34-19-36;1-13-18-9-16(24(18,3)4)10-19(13)26-23(30)22-21(14(2)29)20(12-28)31-27(22)11-15-6-5-7-17(25)8-15/h2*5-14,19-21,25,27-31,38-39H,15-18H2,1-4H3,(H,35,40);5-8,13-14,16,18-22,28-29H,9-12H2,1-4H3,(H,26,30)/t2*20-,21-,25+,27-,28-,29-,30+,31-;13-,14-,16+,18-,19-,20-,21+,22-/m000/s1. The lowest BCUT2D eigenvalue weighted by Gasteiger charge is -2.62. The van der Waals surface area contributed by atoms with Gasteiger partial charge in [-0.1, -0.05) is 135 Å². The van der Waals surface area contributed by atoms with Crippen molar-refractivity contribution >= 4 is 40.3 Å². The zero-order valence-corrected chi connectivity index (χ0v) is 69.7. The monoisotopic (exact) mass is 1660 g/mol. The van der Waals surface area contributed by atoms with E-state index in [4.69, 9.17) is 14.5 Å². The fourth-order valence-electron chi connectivity index (χ4n) is 21.8. The number of rotatable bonds is 22. The predicted molar refractivity (Wildman–Crippen MR) is 440 cm³/mol. The highest BCUT2D eigenvalue weighted by molar-refractivity contribution is 14.1. The van der Waals surface area contributed by atoms with E-state index < -0.39 is 72.5 Å². The van der Waals surface area contributed by atoms with Crippen LogP contribution in [-0.4, -0.2) is 175 Å². The molecule has 23 heteroatoms. The number of halogens is 1. The van der Waals surface area contributed by atoms with Crippen molar-refractivity contribution in [3.8, 4) is 33.6 Å². The van der Waals surface area contributed by atoms with Crippen LogP contribution in [0, 0.1) is 90.8 Å². The van der Waals surface area contributed by atoms with Crippen molar-refractivity contribution in [3.63, 3.8) is 0 Å². The number of carbonyl (C=O) groups excluding carboxylic acids is 3. The number of hydrogen-bond acceptors (Lipinski definition) is 17. The molecule has 24 atom stereocenters. The molecule has 5 heterocycles. The zero-order valence-electron chi connectivity index (χ0n) is 67.5. The summed E-state index contributed by atoms with van der Waals surface area (Å²) in [4.78, 5) is 67.9. The van der Waals surface area contributed by atoms with Crippen LogP contribution < -0.4 is 16.0 Å². The summed E-state index contributed by atoms with van der Waals surface area (Å²) in [5.74, 6) is 3.03.